The van der Waals surface area contributed by atoms with E-state index in [2.05, 4.69) is 22.9 Å². The van der Waals surface area contributed by atoms with E-state index in [0.29, 0.717) is 5.13 Å². The van der Waals surface area contributed by atoms with Crippen LogP contribution < -0.4 is 15.6 Å². The van der Waals surface area contributed by atoms with Gasteiger partial charge in [-0.25, -0.2) is 9.38 Å². The number of fused-ring (bicyclic) bond motifs is 1. The Kier molecular flexibility index (Phi) is 4.02. The summed E-state index contributed by atoms with van der Waals surface area (Å²) in [5.74, 6) is 1.05. The van der Waals surface area contributed by atoms with Crippen molar-refractivity contribution < 1.29 is 0 Å². The number of nitrogens with zero attached hydrogens (tertiary/aromatic N) is 2. The molecule has 1 aromatic rings. The summed E-state index contributed by atoms with van der Waals surface area (Å²) < 4.78 is 5.57. The van der Waals surface area contributed by atoms with Gasteiger partial charge in [0.25, 0.3) is 0 Å². The van der Waals surface area contributed by atoms with Gasteiger partial charge in [0, 0.05) is 5.75 Å². The number of nitrogens with two attached hydrogens (primary N) is 1. The van der Waals surface area contributed by atoms with E-state index in [0.717, 1.165) is 26.9 Å². The van der Waals surface area contributed by atoms with Crippen LogP contribution >= 0.6 is 23.3 Å². The summed E-state index contributed by atoms with van der Waals surface area (Å²) in [7, 11) is 0. The van der Waals surface area contributed by atoms with Crippen molar-refractivity contribution in [2.45, 2.75) is 19.8 Å². The zero-order valence-corrected chi connectivity index (χ0v) is 11.4. The largest absolute Gasteiger partial charge is 0.375 e. The third kappa shape index (κ3) is 2.98. The van der Waals surface area contributed by atoms with Gasteiger partial charge in [-0.05, 0) is 36.1 Å². The normalized spacial score (nSPS) is 16.5. The van der Waals surface area contributed by atoms with Crippen molar-refractivity contribution in [1.29, 1.82) is 0 Å². The third-order valence-electron chi connectivity index (χ3n) is 2.36. The Morgan fingerprint density at radius 2 is 2.35 bits per heavy atom. The second-order valence-electron chi connectivity index (χ2n) is 3.78. The van der Waals surface area contributed by atoms with Gasteiger partial charge in [0.15, 0.2) is 5.13 Å². The maximum Gasteiger partial charge on any atom is 0.181 e. The fourth-order valence-electron chi connectivity index (χ4n) is 1.43. The third-order valence-corrected chi connectivity index (χ3v) is 4.00. The second-order valence-corrected chi connectivity index (χ2v) is 5.69. The van der Waals surface area contributed by atoms with Gasteiger partial charge in [0.05, 0.1) is 15.6 Å². The summed E-state index contributed by atoms with van der Waals surface area (Å²) in [4.78, 5) is 4.23. The van der Waals surface area contributed by atoms with Crippen LogP contribution in [-0.4, -0.2) is 16.4 Å². The van der Waals surface area contributed by atoms with Gasteiger partial charge in [0.2, 0.25) is 0 Å². The predicted molar refractivity (Wildman–Crippen MR) is 78.6 cm³/mol. The molecule has 1 aliphatic rings. The van der Waals surface area contributed by atoms with Crippen LogP contribution in [-0.2, 0) is 0 Å². The molecular formula is C12H15N3S2. The number of nitrogen functional groups attached to an aromatic ring is 1. The second kappa shape index (κ2) is 5.51. The molecule has 0 fully saturated rings. The first-order valence-electron chi connectivity index (χ1n) is 5.55. The number of hydrogen-bond donors (Lipinski definition) is 1. The maximum atomic E-state index is 5.68. The molecule has 0 aromatic carbocycles. The summed E-state index contributed by atoms with van der Waals surface area (Å²) in [6, 6.07) is 0. The molecule has 2 rings (SSSR count). The van der Waals surface area contributed by atoms with Crippen LogP contribution in [0.4, 0.5) is 5.13 Å². The smallest absolute Gasteiger partial charge is 0.181 e. The van der Waals surface area contributed by atoms with E-state index in [-0.39, 0.29) is 0 Å². The van der Waals surface area contributed by atoms with Gasteiger partial charge in [-0.15, -0.1) is 0 Å². The van der Waals surface area contributed by atoms with Crippen LogP contribution in [0.1, 0.15) is 19.8 Å². The number of anilines is 1. The summed E-state index contributed by atoms with van der Waals surface area (Å²) >= 11 is 3.09. The molecule has 0 bridgehead atoms. The first kappa shape index (κ1) is 12.4. The molecule has 0 unspecified atom stereocenters. The Morgan fingerprint density at radius 1 is 1.53 bits per heavy atom. The predicted octanol–water partition coefficient (Wildman–Crippen LogP) is 1.75. The highest BCUT2D eigenvalue weighted by molar-refractivity contribution is 7.98. The molecule has 0 aliphatic heterocycles. The van der Waals surface area contributed by atoms with Gasteiger partial charge in [0.1, 0.15) is 0 Å². The van der Waals surface area contributed by atoms with E-state index in [1.54, 1.807) is 11.9 Å². The maximum absolute atomic E-state index is 5.68. The van der Waals surface area contributed by atoms with E-state index in [1.165, 1.54) is 24.2 Å². The van der Waals surface area contributed by atoms with Crippen molar-refractivity contribution in [3.8, 4) is 0 Å². The Hall–Kier alpha value is -1.07. The van der Waals surface area contributed by atoms with Crippen molar-refractivity contribution >= 4 is 46.3 Å². The number of unbranched alkanes of at least 4 members (excludes halogenated alkanes) is 1. The summed E-state index contributed by atoms with van der Waals surface area (Å²) in [5, 5.41) is 1.50. The molecule has 0 spiro atoms. The Bertz CT molecular complexity index is 569. The van der Waals surface area contributed by atoms with Crippen LogP contribution in [0.25, 0.3) is 12.2 Å². The molecule has 2 N–H and O–H groups in total. The van der Waals surface area contributed by atoms with Crippen molar-refractivity contribution in [2.24, 2.45) is 4.40 Å². The summed E-state index contributed by atoms with van der Waals surface area (Å²) in [6.45, 7) is 6.18. The van der Waals surface area contributed by atoms with Gasteiger partial charge in [-0.3, -0.25) is 0 Å². The molecule has 1 aliphatic carbocycles. The molecule has 1 aromatic heterocycles. The minimum absolute atomic E-state index is 0.593. The first-order valence-corrected chi connectivity index (χ1v) is 7.31. The highest BCUT2D eigenvalue weighted by atomic mass is 32.2. The molecule has 1 heterocycles. The van der Waals surface area contributed by atoms with Gasteiger partial charge in [-0.1, -0.05) is 31.3 Å². The minimum atomic E-state index is 0.593. The Morgan fingerprint density at radius 3 is 3.12 bits per heavy atom. The van der Waals surface area contributed by atoms with Crippen molar-refractivity contribution in [2.75, 3.05) is 11.5 Å². The van der Waals surface area contributed by atoms with Crippen molar-refractivity contribution in [3.05, 3.63) is 22.0 Å². The van der Waals surface area contributed by atoms with E-state index in [1.807, 2.05) is 12.2 Å². The summed E-state index contributed by atoms with van der Waals surface area (Å²) in [5.41, 5.74) is 7.52. The summed E-state index contributed by atoms with van der Waals surface area (Å²) in [6.07, 6.45) is 6.35. The molecule has 5 heteroatoms. The average molecular weight is 265 g/mol. The molecule has 0 saturated carbocycles. The molecular weight excluding hydrogens is 250 g/mol. The monoisotopic (exact) mass is 265 g/mol. The molecule has 3 nitrogen and oxygen atoms in total. The number of rotatable bonds is 4. The number of aromatic nitrogens is 1. The fraction of sp³-hybridized carbons (Fsp3) is 0.333. The number of hydrogen-bond acceptors (Lipinski definition) is 5. The molecule has 0 amide bonds. The van der Waals surface area contributed by atoms with Crippen LogP contribution in [0.5, 0.6) is 0 Å². The van der Waals surface area contributed by atoms with Gasteiger partial charge in [-0.2, -0.15) is 0 Å². The van der Waals surface area contributed by atoms with Crippen LogP contribution in [0.2, 0.25) is 0 Å². The van der Waals surface area contributed by atoms with Crippen molar-refractivity contribution in [1.82, 2.24) is 4.98 Å². The minimum Gasteiger partial charge on any atom is -0.375 e. The first-order chi connectivity index (χ1) is 8.20. The SMILES string of the molecule is C=C1C=c2nc(N)sc2=C/C1=N/SCCCC. The lowest BCUT2D eigenvalue weighted by Crippen LogP contribution is -2.27. The van der Waals surface area contributed by atoms with E-state index >= 15 is 0 Å². The highest BCUT2D eigenvalue weighted by Gasteiger charge is 2.07. The van der Waals surface area contributed by atoms with Crippen LogP contribution in [0, 0.1) is 0 Å². The van der Waals surface area contributed by atoms with Crippen LogP contribution in [0.3, 0.4) is 0 Å². The zero-order valence-electron chi connectivity index (χ0n) is 9.77. The lowest BCUT2D eigenvalue weighted by atomic mass is 10.1. The lowest BCUT2D eigenvalue weighted by Gasteiger charge is -2.03. The Labute approximate surface area is 109 Å². The molecule has 0 radical (unpaired) electrons. The van der Waals surface area contributed by atoms with E-state index in [4.69, 9.17) is 5.73 Å². The molecule has 0 atom stereocenters. The number of allylic oxidation sites excluding steroid dienone is 1. The number of thiazole rings is 1. The molecule has 90 valence electrons. The van der Waals surface area contributed by atoms with Gasteiger partial charge < -0.3 is 5.73 Å². The topological polar surface area (TPSA) is 51.3 Å². The molecule has 0 saturated heterocycles. The standard InChI is InChI=1S/C12H15N3S2/c1-3-4-5-16-15-9-7-11-10(6-8(9)2)14-12(13)17-11/h6-7H,2-5H2,1H3,(H2,13,14)/b15-9-. The zero-order chi connectivity index (χ0) is 12.3. The van der Waals surface area contributed by atoms with Gasteiger partial charge >= 0.3 is 0 Å². The Balaban J connectivity index is 2.21. The van der Waals surface area contributed by atoms with E-state index < -0.39 is 0 Å². The quantitative estimate of drug-likeness (QED) is 0.666. The highest BCUT2D eigenvalue weighted by Crippen LogP contribution is 2.12. The van der Waals surface area contributed by atoms with Crippen LogP contribution in [0.15, 0.2) is 16.5 Å². The average Bonchev–Trinajstić information content (AvgIpc) is 2.63. The molecule has 17 heavy (non-hydrogen) atoms. The van der Waals surface area contributed by atoms with Crippen molar-refractivity contribution in [3.63, 3.8) is 0 Å². The lowest BCUT2D eigenvalue weighted by molar-refractivity contribution is 0.897. The fourth-order valence-corrected chi connectivity index (χ4v) is 3.00. The van der Waals surface area contributed by atoms with E-state index in [9.17, 15) is 0 Å².